The summed E-state index contributed by atoms with van der Waals surface area (Å²) in [6, 6.07) is 0. The first-order chi connectivity index (χ1) is 38.2. The van der Waals surface area contributed by atoms with E-state index in [0.717, 1.165) is 0 Å². The van der Waals surface area contributed by atoms with Crippen molar-refractivity contribution in [2.24, 2.45) is 0 Å². The van der Waals surface area contributed by atoms with Crippen LogP contribution in [0.1, 0.15) is 178 Å². The zero-order valence-electron chi connectivity index (χ0n) is 53.8. The molecule has 0 amide bonds. The number of rotatable bonds is 43. The monoisotopic (exact) mass is 1200 g/mol. The van der Waals surface area contributed by atoms with Gasteiger partial charge in [0.25, 0.3) is 0 Å². The maximum Gasteiger partial charge on any atom is 0.510 e. The minimum atomic E-state index is -0.928. The fraction of sp³-hybridized carbons (Fsp3) is 0.895. The van der Waals surface area contributed by atoms with Gasteiger partial charge in [-0.15, -0.1) is 0 Å². The maximum atomic E-state index is 12.7. The van der Waals surface area contributed by atoms with Crippen LogP contribution in [0.2, 0.25) is 0 Å². The van der Waals surface area contributed by atoms with Crippen LogP contribution in [-0.4, -0.2) is 193 Å². The van der Waals surface area contributed by atoms with Crippen LogP contribution < -0.4 is 0 Å². The van der Waals surface area contributed by atoms with Gasteiger partial charge in [0.1, 0.15) is 70.3 Å². The van der Waals surface area contributed by atoms with Crippen molar-refractivity contribution in [2.75, 3.05) is 67.3 Å². The van der Waals surface area contributed by atoms with Gasteiger partial charge in [0, 0.05) is 46.1 Å². The van der Waals surface area contributed by atoms with E-state index in [1.165, 1.54) is 14.0 Å². The molecule has 0 aliphatic carbocycles. The van der Waals surface area contributed by atoms with Gasteiger partial charge in [-0.1, -0.05) is 0 Å². The number of hydrogen-bond donors (Lipinski definition) is 0. The van der Waals surface area contributed by atoms with Crippen LogP contribution in [0.15, 0.2) is 0 Å². The molecule has 0 aromatic heterocycles. The quantitative estimate of drug-likeness (QED) is 0.0237. The Balaban J connectivity index is 4.61. The molecule has 0 aliphatic heterocycles. The van der Waals surface area contributed by atoms with Crippen LogP contribution in [0, 0.1) is 0 Å². The Morgan fingerprint density at radius 1 is 0.289 bits per heavy atom. The standard InChI is InChI=1S/C57H104O26/c1-37(23-53(12,13)79-42(6)28-68-47(11)58)74-48(59)69-29-43(7)80-54(14,15)24-38(2)75-49(60)70-30-44(8)81-55(16,17)25-39(3)76-50(61)71-31-45(9)82-56(18,19)26-40(4)77-51(62)72-32-46(10)83-57(20,21)27-41(5)78-52(63)73-36-67-35-66-34-65-33-64-22/h37-46H,23-36H2,1-22H3. The predicted octanol–water partition coefficient (Wildman–Crippen LogP) is 10.7. The fourth-order valence-corrected chi connectivity index (χ4v) is 9.16. The summed E-state index contributed by atoms with van der Waals surface area (Å²) in [6.45, 7) is 35.9. The van der Waals surface area contributed by atoms with Gasteiger partial charge < -0.3 is 94.7 Å². The summed E-state index contributed by atoms with van der Waals surface area (Å²) in [5.74, 6) is -0.396. The molecule has 83 heavy (non-hydrogen) atoms. The van der Waals surface area contributed by atoms with Crippen LogP contribution >= 0.6 is 0 Å². The van der Waals surface area contributed by atoms with Gasteiger partial charge >= 0.3 is 36.7 Å². The second-order valence-corrected chi connectivity index (χ2v) is 23.9. The third-order valence-corrected chi connectivity index (χ3v) is 11.0. The van der Waals surface area contributed by atoms with Crippen molar-refractivity contribution in [1.82, 2.24) is 0 Å². The van der Waals surface area contributed by atoms with Crippen molar-refractivity contribution in [3.05, 3.63) is 0 Å². The first-order valence-electron chi connectivity index (χ1n) is 28.1. The smallest absolute Gasteiger partial charge is 0.463 e. The van der Waals surface area contributed by atoms with Gasteiger partial charge in [0.15, 0.2) is 20.4 Å². The van der Waals surface area contributed by atoms with Crippen LogP contribution in [0.4, 0.5) is 24.0 Å². The second-order valence-electron chi connectivity index (χ2n) is 23.9. The molecule has 0 aromatic carbocycles. The van der Waals surface area contributed by atoms with Crippen LogP contribution in [-0.2, 0) is 99.5 Å². The van der Waals surface area contributed by atoms with E-state index in [0.29, 0.717) is 19.3 Å². The van der Waals surface area contributed by atoms with E-state index in [9.17, 15) is 28.8 Å². The summed E-state index contributed by atoms with van der Waals surface area (Å²) >= 11 is 0. The summed E-state index contributed by atoms with van der Waals surface area (Å²) < 4.78 is 108. The van der Waals surface area contributed by atoms with Gasteiger partial charge in [-0.05, 0) is 138 Å². The highest BCUT2D eigenvalue weighted by molar-refractivity contribution is 5.66. The molecular formula is C57H104O26. The first kappa shape index (κ1) is 78.5. The molecule has 10 atom stereocenters. The lowest BCUT2D eigenvalue weighted by atomic mass is 10.0. The fourth-order valence-electron chi connectivity index (χ4n) is 9.16. The Hall–Kier alpha value is -4.54. The van der Waals surface area contributed by atoms with Gasteiger partial charge in [-0.25, -0.2) is 24.0 Å². The lowest BCUT2D eigenvalue weighted by Crippen LogP contribution is -2.38. The van der Waals surface area contributed by atoms with Crippen molar-refractivity contribution in [2.45, 2.75) is 267 Å². The number of carbonyl (C=O) groups excluding carboxylic acids is 6. The summed E-state index contributed by atoms with van der Waals surface area (Å²) in [4.78, 5) is 73.5. The van der Waals surface area contributed by atoms with Crippen molar-refractivity contribution in [3.8, 4) is 0 Å². The zero-order chi connectivity index (χ0) is 63.8. The third-order valence-electron chi connectivity index (χ3n) is 11.0. The van der Waals surface area contributed by atoms with Crippen molar-refractivity contribution >= 4 is 36.7 Å². The summed E-state index contributed by atoms with van der Waals surface area (Å²) in [5, 5.41) is 0. The highest BCUT2D eigenvalue weighted by Crippen LogP contribution is 2.26. The van der Waals surface area contributed by atoms with E-state index in [-0.39, 0.29) is 79.2 Å². The Morgan fingerprint density at radius 3 is 0.723 bits per heavy atom. The van der Waals surface area contributed by atoms with Crippen LogP contribution in [0.3, 0.4) is 0 Å². The highest BCUT2D eigenvalue weighted by atomic mass is 16.8. The molecule has 0 heterocycles. The van der Waals surface area contributed by atoms with Crippen molar-refractivity contribution < 1.29 is 124 Å². The maximum absolute atomic E-state index is 12.7. The molecule has 0 aliphatic rings. The van der Waals surface area contributed by atoms with Gasteiger partial charge in [0.05, 0.1) is 58.5 Å². The van der Waals surface area contributed by atoms with Gasteiger partial charge in [-0.2, -0.15) is 0 Å². The molecule has 0 saturated heterocycles. The molecule has 0 rings (SSSR count). The number of esters is 1. The minimum Gasteiger partial charge on any atom is -0.463 e. The molecule has 0 saturated carbocycles. The minimum absolute atomic E-state index is 0.0510. The molecule has 0 N–H and O–H groups in total. The lowest BCUT2D eigenvalue weighted by Gasteiger charge is -2.32. The molecule has 26 nitrogen and oxygen atoms in total. The lowest BCUT2D eigenvalue weighted by molar-refractivity contribution is -0.184. The SMILES string of the molecule is COCOCOCOCOC(=O)OC(C)CC(C)(C)OC(C)COC(=O)OC(C)CC(C)(C)OC(C)COC(=O)OC(C)CC(C)(C)OC(C)COC(=O)OC(C)CC(C)(C)OC(C)COC(=O)OC(C)CC(C)(C)OC(C)COC(C)=O. The molecule has 26 heteroatoms. The number of hydrogen-bond acceptors (Lipinski definition) is 26. The Kier molecular flexibility index (Phi) is 37.1. The topological polar surface area (TPSA) is 287 Å². The zero-order valence-corrected chi connectivity index (χ0v) is 53.8. The molecule has 0 fully saturated rings. The summed E-state index contributed by atoms with van der Waals surface area (Å²) in [6.07, 6.45) is -8.41. The van der Waals surface area contributed by atoms with Gasteiger partial charge in [-0.3, -0.25) is 4.79 Å². The van der Waals surface area contributed by atoms with Crippen LogP contribution in [0.25, 0.3) is 0 Å². The summed E-state index contributed by atoms with van der Waals surface area (Å²) in [5.41, 5.74) is -3.86. The van der Waals surface area contributed by atoms with Crippen molar-refractivity contribution in [1.29, 1.82) is 0 Å². The largest absolute Gasteiger partial charge is 0.510 e. The normalized spacial score (nSPS) is 16.0. The molecule has 0 spiro atoms. The second kappa shape index (κ2) is 39.2. The first-order valence-corrected chi connectivity index (χ1v) is 28.1. The predicted molar refractivity (Wildman–Crippen MR) is 297 cm³/mol. The number of ether oxygens (including phenoxy) is 20. The molecule has 0 radical (unpaired) electrons. The Labute approximate surface area is 492 Å². The van der Waals surface area contributed by atoms with Gasteiger partial charge in [0.2, 0.25) is 0 Å². The van der Waals surface area contributed by atoms with E-state index in [2.05, 4.69) is 0 Å². The summed E-state index contributed by atoms with van der Waals surface area (Å²) in [7, 11) is 1.48. The van der Waals surface area contributed by atoms with Crippen molar-refractivity contribution in [3.63, 3.8) is 0 Å². The van der Waals surface area contributed by atoms with E-state index in [1.807, 2.05) is 55.4 Å². The average Bonchev–Trinajstić information content (AvgIpc) is 3.33. The number of methoxy groups -OCH3 is 1. The molecule has 0 bridgehead atoms. The Morgan fingerprint density at radius 2 is 0.494 bits per heavy atom. The Bertz CT molecular complexity index is 1860. The molecule has 488 valence electrons. The van der Waals surface area contributed by atoms with E-state index < -0.39 is 120 Å². The highest BCUT2D eigenvalue weighted by Gasteiger charge is 2.33. The molecular weight excluding hydrogens is 1100 g/mol. The molecule has 10 unspecified atom stereocenters. The van der Waals surface area contributed by atoms with E-state index >= 15 is 0 Å². The van der Waals surface area contributed by atoms with E-state index in [4.69, 9.17) is 94.7 Å². The number of carbonyl (C=O) groups is 6. The molecule has 0 aromatic rings. The van der Waals surface area contributed by atoms with Crippen LogP contribution in [0.5, 0.6) is 0 Å². The average molecular weight is 1210 g/mol. The third kappa shape index (κ3) is 43.7. The van der Waals surface area contributed by atoms with E-state index in [1.54, 1.807) is 83.1 Å².